The van der Waals surface area contributed by atoms with Crippen LogP contribution in [-0.4, -0.2) is 59.1 Å². The number of aromatic nitrogens is 12. The van der Waals surface area contributed by atoms with Crippen LogP contribution in [-0.2, 0) is 26.2 Å². The molecule has 9 aromatic rings. The minimum absolute atomic E-state index is 0.549. The molecule has 0 N–H and O–H groups in total. The lowest BCUT2D eigenvalue weighted by atomic mass is 9.97. The van der Waals surface area contributed by atoms with E-state index in [-0.39, 0.29) is 0 Å². The molecule has 1 aromatic carbocycles. The first kappa shape index (κ1) is 32.6. The zero-order valence-corrected chi connectivity index (χ0v) is 29.2. The van der Waals surface area contributed by atoms with Gasteiger partial charge in [0.1, 0.15) is 22.8 Å². The standard InChI is InChI=1S/C42H34N12/c1-5-17-43-35(9-1)39-13-21-51(47-39)27-31-25-33(29-53-23-15-41(49-53)37-11-3-7-19-45-37)34(30-54-24-16-42(50-54)38-12-4-8-20-46-38)26-32(31)28-52-22-14-40(48-52)36-10-2-6-18-44-36/h1-26H,27-30H2. The Morgan fingerprint density at radius 1 is 0.296 bits per heavy atom. The minimum Gasteiger partial charge on any atom is -0.268 e. The van der Waals surface area contributed by atoms with Crippen LogP contribution in [0.15, 0.2) is 159 Å². The lowest BCUT2D eigenvalue weighted by molar-refractivity contribution is 0.634. The Kier molecular flexibility index (Phi) is 8.87. The van der Waals surface area contributed by atoms with Gasteiger partial charge in [-0.25, -0.2) is 0 Å². The molecule has 12 heteroatoms. The van der Waals surface area contributed by atoms with Crippen LogP contribution < -0.4 is 0 Å². The van der Waals surface area contributed by atoms with Crippen LogP contribution in [0.2, 0.25) is 0 Å². The first-order valence-electron chi connectivity index (χ1n) is 17.6. The van der Waals surface area contributed by atoms with Gasteiger partial charge in [-0.2, -0.15) is 20.4 Å². The Hall–Kier alpha value is -7.34. The van der Waals surface area contributed by atoms with Crippen LogP contribution in [0.4, 0.5) is 0 Å². The van der Waals surface area contributed by atoms with E-state index in [4.69, 9.17) is 20.4 Å². The first-order valence-corrected chi connectivity index (χ1v) is 17.6. The van der Waals surface area contributed by atoms with Crippen molar-refractivity contribution in [2.24, 2.45) is 0 Å². The third-order valence-electron chi connectivity index (χ3n) is 9.12. The molecule has 12 nitrogen and oxygen atoms in total. The monoisotopic (exact) mass is 706 g/mol. The molecular weight excluding hydrogens is 673 g/mol. The summed E-state index contributed by atoms with van der Waals surface area (Å²) in [6, 6.07) is 36.0. The molecule has 0 amide bonds. The SMILES string of the molecule is c1ccc(-c2ccn(Cc3cc(Cn4ccc(-c5ccccn5)n4)c(Cn4ccc(-c5ccccn5)n4)cc3Cn3ccc(-c4ccccn4)n3)n2)nc1. The third-order valence-corrected chi connectivity index (χ3v) is 9.12. The van der Waals surface area contributed by atoms with Gasteiger partial charge < -0.3 is 0 Å². The Morgan fingerprint density at radius 2 is 0.556 bits per heavy atom. The van der Waals surface area contributed by atoms with Crippen molar-refractivity contribution < 1.29 is 0 Å². The largest absolute Gasteiger partial charge is 0.268 e. The second kappa shape index (κ2) is 14.7. The fourth-order valence-corrected chi connectivity index (χ4v) is 6.48. The summed E-state index contributed by atoms with van der Waals surface area (Å²) in [6.45, 7) is 2.20. The molecule has 0 aliphatic heterocycles. The summed E-state index contributed by atoms with van der Waals surface area (Å²) >= 11 is 0. The van der Waals surface area contributed by atoms with E-state index < -0.39 is 0 Å². The van der Waals surface area contributed by atoms with Gasteiger partial charge in [-0.15, -0.1) is 0 Å². The normalized spacial score (nSPS) is 11.3. The predicted octanol–water partition coefficient (Wildman–Crippen LogP) is 6.91. The number of benzene rings is 1. The van der Waals surface area contributed by atoms with Crippen molar-refractivity contribution in [3.8, 4) is 45.6 Å². The summed E-state index contributed by atoms with van der Waals surface area (Å²) in [6.07, 6.45) is 15.2. The highest BCUT2D eigenvalue weighted by Crippen LogP contribution is 2.25. The summed E-state index contributed by atoms with van der Waals surface area (Å²) in [7, 11) is 0. The summed E-state index contributed by atoms with van der Waals surface area (Å²) < 4.78 is 7.87. The van der Waals surface area contributed by atoms with Crippen molar-refractivity contribution in [1.82, 2.24) is 59.1 Å². The van der Waals surface area contributed by atoms with E-state index >= 15 is 0 Å². The lowest BCUT2D eigenvalue weighted by Crippen LogP contribution is -2.14. The highest BCUT2D eigenvalue weighted by atomic mass is 15.3. The van der Waals surface area contributed by atoms with Crippen molar-refractivity contribution in [3.05, 3.63) is 181 Å². The van der Waals surface area contributed by atoms with Gasteiger partial charge in [0.05, 0.1) is 49.0 Å². The quantitative estimate of drug-likeness (QED) is 0.134. The molecular formula is C42H34N12. The van der Waals surface area contributed by atoms with Crippen LogP contribution in [0.25, 0.3) is 45.6 Å². The summed E-state index contributed by atoms with van der Waals surface area (Å²) in [5.74, 6) is 0. The maximum absolute atomic E-state index is 4.92. The fourth-order valence-electron chi connectivity index (χ4n) is 6.48. The smallest absolute Gasteiger partial charge is 0.111 e. The number of nitrogens with zero attached hydrogens (tertiary/aromatic N) is 12. The Bertz CT molecular complexity index is 2250. The van der Waals surface area contributed by atoms with E-state index in [0.29, 0.717) is 26.2 Å². The third kappa shape index (κ3) is 7.21. The maximum Gasteiger partial charge on any atom is 0.111 e. The van der Waals surface area contributed by atoms with E-state index in [1.807, 2.05) is 141 Å². The Balaban J connectivity index is 1.11. The molecule has 0 spiro atoms. The number of hydrogen-bond acceptors (Lipinski definition) is 8. The molecule has 8 heterocycles. The van der Waals surface area contributed by atoms with Gasteiger partial charge in [0.25, 0.3) is 0 Å². The van der Waals surface area contributed by atoms with Gasteiger partial charge in [-0.1, -0.05) is 36.4 Å². The molecule has 54 heavy (non-hydrogen) atoms. The zero-order valence-electron chi connectivity index (χ0n) is 29.2. The molecule has 9 rings (SSSR count). The lowest BCUT2D eigenvalue weighted by Gasteiger charge is -2.18. The highest BCUT2D eigenvalue weighted by Gasteiger charge is 2.16. The molecule has 262 valence electrons. The van der Waals surface area contributed by atoms with Crippen molar-refractivity contribution in [2.45, 2.75) is 26.2 Å². The number of hydrogen-bond donors (Lipinski definition) is 0. The fraction of sp³-hybridized carbons (Fsp3) is 0.0952. The van der Waals surface area contributed by atoms with Gasteiger partial charge in [0.15, 0.2) is 0 Å². The van der Waals surface area contributed by atoms with Crippen molar-refractivity contribution in [1.29, 1.82) is 0 Å². The topological polar surface area (TPSA) is 123 Å². The molecule has 0 fully saturated rings. The van der Waals surface area contributed by atoms with E-state index in [2.05, 4.69) is 32.1 Å². The maximum atomic E-state index is 4.92. The molecule has 0 aliphatic carbocycles. The predicted molar refractivity (Wildman–Crippen MR) is 205 cm³/mol. The second-order valence-electron chi connectivity index (χ2n) is 12.8. The summed E-state index contributed by atoms with van der Waals surface area (Å²) in [5.41, 5.74) is 11.1. The second-order valence-corrected chi connectivity index (χ2v) is 12.8. The molecule has 0 atom stereocenters. The van der Waals surface area contributed by atoms with E-state index in [0.717, 1.165) is 67.8 Å². The molecule has 0 unspecified atom stereocenters. The highest BCUT2D eigenvalue weighted by molar-refractivity contribution is 5.55. The van der Waals surface area contributed by atoms with Crippen LogP contribution in [0, 0.1) is 0 Å². The van der Waals surface area contributed by atoms with Crippen molar-refractivity contribution in [2.75, 3.05) is 0 Å². The van der Waals surface area contributed by atoms with E-state index in [1.165, 1.54) is 0 Å². The van der Waals surface area contributed by atoms with Gasteiger partial charge >= 0.3 is 0 Å². The van der Waals surface area contributed by atoms with Crippen LogP contribution >= 0.6 is 0 Å². The molecule has 0 saturated carbocycles. The van der Waals surface area contributed by atoms with Crippen molar-refractivity contribution in [3.63, 3.8) is 0 Å². The van der Waals surface area contributed by atoms with Crippen LogP contribution in [0.5, 0.6) is 0 Å². The van der Waals surface area contributed by atoms with E-state index in [9.17, 15) is 0 Å². The zero-order chi connectivity index (χ0) is 36.1. The Morgan fingerprint density at radius 3 is 0.778 bits per heavy atom. The molecule has 0 radical (unpaired) electrons. The number of rotatable bonds is 12. The van der Waals surface area contributed by atoms with Gasteiger partial charge in [-0.05, 0) is 95.1 Å². The van der Waals surface area contributed by atoms with Gasteiger partial charge in [0.2, 0.25) is 0 Å². The minimum atomic E-state index is 0.549. The Labute approximate surface area is 311 Å². The average Bonchev–Trinajstić information content (AvgIpc) is 4.07. The molecule has 0 aliphatic rings. The van der Waals surface area contributed by atoms with Gasteiger partial charge in [0, 0.05) is 49.6 Å². The van der Waals surface area contributed by atoms with Crippen LogP contribution in [0.1, 0.15) is 22.3 Å². The molecule has 0 bridgehead atoms. The molecule has 0 saturated heterocycles. The number of pyridine rings is 4. The summed E-state index contributed by atoms with van der Waals surface area (Å²) in [5, 5.41) is 19.7. The van der Waals surface area contributed by atoms with Gasteiger partial charge in [-0.3, -0.25) is 38.7 Å². The van der Waals surface area contributed by atoms with Crippen molar-refractivity contribution >= 4 is 0 Å². The van der Waals surface area contributed by atoms with E-state index in [1.54, 1.807) is 24.8 Å². The first-order chi connectivity index (χ1) is 26.7. The average molecular weight is 707 g/mol. The van der Waals surface area contributed by atoms with Crippen LogP contribution in [0.3, 0.4) is 0 Å². The summed E-state index contributed by atoms with van der Waals surface area (Å²) in [4.78, 5) is 18.0. The molecule has 8 aromatic heterocycles.